The fraction of sp³-hybridized carbons (Fsp3) is 0.444. The molecule has 0 aliphatic carbocycles. The standard InChI is InChI=1S/C9H15N7O/c1-17-4-2-3-11-7-6-5-12-16-8(6)14-9(13-7)15-10/h5H,2-4,10H2,1H3,(H3,11,12,13,14,15,16). The summed E-state index contributed by atoms with van der Waals surface area (Å²) in [6, 6.07) is 0. The zero-order chi connectivity index (χ0) is 12.1. The molecule has 0 amide bonds. The number of nitrogens with one attached hydrogen (secondary N) is 3. The van der Waals surface area contributed by atoms with Crippen molar-refractivity contribution in [3.05, 3.63) is 6.20 Å². The molecule has 2 rings (SSSR count). The number of fused-ring (bicyclic) bond motifs is 1. The van der Waals surface area contributed by atoms with E-state index in [4.69, 9.17) is 10.6 Å². The maximum atomic E-state index is 5.30. The molecule has 0 aliphatic heterocycles. The second kappa shape index (κ2) is 5.41. The minimum absolute atomic E-state index is 0.344. The molecule has 2 heterocycles. The van der Waals surface area contributed by atoms with E-state index in [0.29, 0.717) is 24.0 Å². The van der Waals surface area contributed by atoms with Gasteiger partial charge in [0, 0.05) is 20.3 Å². The van der Waals surface area contributed by atoms with Crippen molar-refractivity contribution in [2.45, 2.75) is 6.42 Å². The Hall–Kier alpha value is -1.93. The van der Waals surface area contributed by atoms with Gasteiger partial charge in [0.1, 0.15) is 5.82 Å². The van der Waals surface area contributed by atoms with Gasteiger partial charge < -0.3 is 10.1 Å². The van der Waals surface area contributed by atoms with Gasteiger partial charge in [0.05, 0.1) is 11.6 Å². The Kier molecular flexibility index (Phi) is 3.68. The predicted molar refractivity (Wildman–Crippen MR) is 64.5 cm³/mol. The molecule has 0 fully saturated rings. The molecule has 0 radical (unpaired) electrons. The SMILES string of the molecule is COCCCNc1nc(NN)nc2[nH]ncc12. The number of rotatable bonds is 6. The van der Waals surface area contributed by atoms with Crippen molar-refractivity contribution in [3.8, 4) is 0 Å². The van der Waals surface area contributed by atoms with Gasteiger partial charge in [-0.05, 0) is 6.42 Å². The highest BCUT2D eigenvalue weighted by Gasteiger charge is 2.08. The van der Waals surface area contributed by atoms with Crippen molar-refractivity contribution >= 4 is 22.8 Å². The number of anilines is 2. The normalized spacial score (nSPS) is 10.7. The van der Waals surface area contributed by atoms with Crippen LogP contribution in [0.5, 0.6) is 0 Å². The van der Waals surface area contributed by atoms with E-state index >= 15 is 0 Å². The van der Waals surface area contributed by atoms with Gasteiger partial charge in [0.2, 0.25) is 5.95 Å². The molecule has 0 saturated heterocycles. The number of hydrogen-bond donors (Lipinski definition) is 4. The van der Waals surface area contributed by atoms with Crippen LogP contribution >= 0.6 is 0 Å². The summed E-state index contributed by atoms with van der Waals surface area (Å²) >= 11 is 0. The average Bonchev–Trinajstić information content (AvgIpc) is 2.82. The average molecular weight is 237 g/mol. The predicted octanol–water partition coefficient (Wildman–Crippen LogP) is 0.0869. The van der Waals surface area contributed by atoms with Gasteiger partial charge in [-0.1, -0.05) is 0 Å². The molecule has 5 N–H and O–H groups in total. The van der Waals surface area contributed by atoms with Gasteiger partial charge >= 0.3 is 0 Å². The maximum Gasteiger partial charge on any atom is 0.241 e. The third kappa shape index (κ3) is 2.60. The lowest BCUT2D eigenvalue weighted by Gasteiger charge is -2.07. The van der Waals surface area contributed by atoms with Crippen LogP contribution in [0.2, 0.25) is 0 Å². The number of ether oxygens (including phenoxy) is 1. The maximum absolute atomic E-state index is 5.30. The monoisotopic (exact) mass is 237 g/mol. The zero-order valence-electron chi connectivity index (χ0n) is 9.53. The largest absolute Gasteiger partial charge is 0.385 e. The van der Waals surface area contributed by atoms with Gasteiger partial charge in [-0.3, -0.25) is 10.5 Å². The molecule has 2 aromatic heterocycles. The van der Waals surface area contributed by atoms with Crippen LogP contribution in [-0.2, 0) is 4.74 Å². The van der Waals surface area contributed by atoms with Crippen LogP contribution in [0.25, 0.3) is 11.0 Å². The molecule has 8 heteroatoms. The summed E-state index contributed by atoms with van der Waals surface area (Å²) in [4.78, 5) is 8.36. The van der Waals surface area contributed by atoms with Crippen molar-refractivity contribution in [2.75, 3.05) is 31.0 Å². The molecule has 0 atom stereocenters. The van der Waals surface area contributed by atoms with Gasteiger partial charge in [0.15, 0.2) is 5.65 Å². The van der Waals surface area contributed by atoms with Crippen LogP contribution in [0.15, 0.2) is 6.20 Å². The highest BCUT2D eigenvalue weighted by molar-refractivity contribution is 5.86. The Balaban J connectivity index is 2.16. The van der Waals surface area contributed by atoms with Gasteiger partial charge in [0.25, 0.3) is 0 Å². The summed E-state index contributed by atoms with van der Waals surface area (Å²) in [6.45, 7) is 1.46. The first-order valence-electron chi connectivity index (χ1n) is 5.25. The van der Waals surface area contributed by atoms with Gasteiger partial charge in [-0.15, -0.1) is 0 Å². The molecule has 0 saturated carbocycles. The molecule has 0 bridgehead atoms. The highest BCUT2D eigenvalue weighted by Crippen LogP contribution is 2.19. The number of hydrazine groups is 1. The lowest BCUT2D eigenvalue weighted by atomic mass is 10.3. The number of hydrogen-bond acceptors (Lipinski definition) is 7. The summed E-state index contributed by atoms with van der Waals surface area (Å²) in [5, 5.41) is 10.7. The van der Waals surface area contributed by atoms with E-state index in [1.807, 2.05) is 0 Å². The summed E-state index contributed by atoms with van der Waals surface area (Å²) < 4.78 is 4.97. The number of H-pyrrole nitrogens is 1. The van der Waals surface area contributed by atoms with Crippen molar-refractivity contribution in [2.24, 2.45) is 5.84 Å². The number of methoxy groups -OCH3 is 1. The van der Waals surface area contributed by atoms with Crippen LogP contribution in [0.1, 0.15) is 6.42 Å². The molecule has 17 heavy (non-hydrogen) atoms. The molecular formula is C9H15N7O. The summed E-state index contributed by atoms with van der Waals surface area (Å²) in [5.41, 5.74) is 3.06. The van der Waals surface area contributed by atoms with Gasteiger partial charge in [-0.25, -0.2) is 5.84 Å². The smallest absolute Gasteiger partial charge is 0.241 e. The van der Waals surface area contributed by atoms with Gasteiger partial charge in [-0.2, -0.15) is 15.1 Å². The topological polar surface area (TPSA) is 114 Å². The lowest BCUT2D eigenvalue weighted by molar-refractivity contribution is 0.198. The van der Waals surface area contributed by atoms with Crippen LogP contribution in [0, 0.1) is 0 Å². The fourth-order valence-electron chi connectivity index (χ4n) is 1.46. The first-order valence-corrected chi connectivity index (χ1v) is 5.25. The molecule has 0 unspecified atom stereocenters. The minimum Gasteiger partial charge on any atom is -0.385 e. The second-order valence-corrected chi connectivity index (χ2v) is 3.45. The number of nitrogen functional groups attached to an aromatic ring is 1. The van der Waals surface area contributed by atoms with E-state index in [0.717, 1.165) is 18.4 Å². The number of nitrogens with two attached hydrogens (primary N) is 1. The third-order valence-electron chi connectivity index (χ3n) is 2.26. The number of aromatic nitrogens is 4. The summed E-state index contributed by atoms with van der Waals surface area (Å²) in [5.74, 6) is 6.34. The summed E-state index contributed by atoms with van der Waals surface area (Å²) in [6.07, 6.45) is 2.57. The Bertz CT molecular complexity index is 483. The second-order valence-electron chi connectivity index (χ2n) is 3.45. The first kappa shape index (κ1) is 11.6. The van der Waals surface area contributed by atoms with Crippen molar-refractivity contribution in [3.63, 3.8) is 0 Å². The Labute approximate surface area is 97.9 Å². The van der Waals surface area contributed by atoms with Crippen molar-refractivity contribution in [1.29, 1.82) is 0 Å². The molecule has 0 aromatic carbocycles. The van der Waals surface area contributed by atoms with Crippen LogP contribution in [0.3, 0.4) is 0 Å². The summed E-state index contributed by atoms with van der Waals surface area (Å²) in [7, 11) is 1.68. The quantitative estimate of drug-likeness (QED) is 0.320. The highest BCUT2D eigenvalue weighted by atomic mass is 16.5. The number of nitrogens with zero attached hydrogens (tertiary/aromatic N) is 3. The van der Waals surface area contributed by atoms with Crippen molar-refractivity contribution < 1.29 is 4.74 Å². The van der Waals surface area contributed by atoms with E-state index in [1.54, 1.807) is 13.3 Å². The molecule has 0 spiro atoms. The Morgan fingerprint density at radius 2 is 2.35 bits per heavy atom. The Morgan fingerprint density at radius 1 is 1.47 bits per heavy atom. The molecule has 2 aromatic rings. The molecular weight excluding hydrogens is 222 g/mol. The van der Waals surface area contributed by atoms with E-state index in [2.05, 4.69) is 30.9 Å². The third-order valence-corrected chi connectivity index (χ3v) is 2.26. The van der Waals surface area contributed by atoms with Crippen LogP contribution in [0.4, 0.5) is 11.8 Å². The van der Waals surface area contributed by atoms with Crippen molar-refractivity contribution in [1.82, 2.24) is 20.2 Å². The molecule has 92 valence electrons. The molecule has 0 aliphatic rings. The fourth-order valence-corrected chi connectivity index (χ4v) is 1.46. The minimum atomic E-state index is 0.344. The Morgan fingerprint density at radius 3 is 3.12 bits per heavy atom. The van der Waals surface area contributed by atoms with Crippen LogP contribution in [-0.4, -0.2) is 40.4 Å². The first-order chi connectivity index (χ1) is 8.35. The van der Waals surface area contributed by atoms with E-state index in [1.165, 1.54) is 0 Å². The van der Waals surface area contributed by atoms with E-state index in [9.17, 15) is 0 Å². The number of aromatic amines is 1. The molecule has 8 nitrogen and oxygen atoms in total. The zero-order valence-corrected chi connectivity index (χ0v) is 9.53. The van der Waals surface area contributed by atoms with Crippen LogP contribution < -0.4 is 16.6 Å². The van der Waals surface area contributed by atoms with E-state index < -0.39 is 0 Å². The lowest BCUT2D eigenvalue weighted by Crippen LogP contribution is -2.13. The van der Waals surface area contributed by atoms with E-state index in [-0.39, 0.29) is 0 Å².